The van der Waals surface area contributed by atoms with Crippen LogP contribution in [0.5, 0.6) is 0 Å². The molecule has 7 heteroatoms. The molecule has 18 heavy (non-hydrogen) atoms. The molecule has 104 valence electrons. The molecule has 0 aliphatic heterocycles. The van der Waals surface area contributed by atoms with E-state index >= 15 is 0 Å². The van der Waals surface area contributed by atoms with Gasteiger partial charge < -0.3 is 5.11 Å². The molecule has 0 fully saturated rings. The zero-order valence-corrected chi connectivity index (χ0v) is 13.4. The van der Waals surface area contributed by atoms with Crippen LogP contribution in [0, 0.1) is 6.92 Å². The van der Waals surface area contributed by atoms with Gasteiger partial charge in [0.05, 0.1) is 11.5 Å². The van der Waals surface area contributed by atoms with Gasteiger partial charge in [-0.25, -0.2) is 13.1 Å². The predicted octanol–water partition coefficient (Wildman–Crippen LogP) is 1.97. The molecule has 4 nitrogen and oxygen atoms in total. The van der Waals surface area contributed by atoms with E-state index in [0.717, 1.165) is 0 Å². The zero-order chi connectivity index (χ0) is 14.0. The third kappa shape index (κ3) is 3.71. The lowest BCUT2D eigenvalue weighted by Gasteiger charge is -2.22. The van der Waals surface area contributed by atoms with Crippen LogP contribution in [0.4, 0.5) is 0 Å². The Bertz CT molecular complexity index is 506. The molecule has 0 aliphatic carbocycles. The molecule has 0 saturated carbocycles. The monoisotopic (exact) mass is 309 g/mol. The normalized spacial score (nSPS) is 12.9. The second-order valence-electron chi connectivity index (χ2n) is 4.62. The van der Waals surface area contributed by atoms with Gasteiger partial charge in [0, 0.05) is 11.3 Å². The average Bonchev–Trinajstić information content (AvgIpc) is 2.69. The van der Waals surface area contributed by atoms with E-state index in [4.69, 9.17) is 0 Å². The van der Waals surface area contributed by atoms with Gasteiger partial charge in [-0.1, -0.05) is 0 Å². The Labute approximate surface area is 117 Å². The van der Waals surface area contributed by atoms with Crippen LogP contribution in [-0.4, -0.2) is 31.1 Å². The van der Waals surface area contributed by atoms with Gasteiger partial charge in [-0.2, -0.15) is 11.8 Å². The quantitative estimate of drug-likeness (QED) is 0.843. The van der Waals surface area contributed by atoms with Crippen molar-refractivity contribution in [1.82, 2.24) is 4.72 Å². The summed E-state index contributed by atoms with van der Waals surface area (Å²) in [6.45, 7) is 5.81. The number of aryl methyl sites for hydroxylation is 1. The molecule has 1 rings (SSSR count). The molecule has 1 aromatic rings. The number of thioether (sulfide) groups is 1. The summed E-state index contributed by atoms with van der Waals surface area (Å²) >= 11 is 2.87. The second kappa shape index (κ2) is 5.92. The second-order valence-corrected chi connectivity index (χ2v) is 8.80. The van der Waals surface area contributed by atoms with E-state index in [2.05, 4.69) is 4.72 Å². The summed E-state index contributed by atoms with van der Waals surface area (Å²) in [5.41, 5.74) is 0.679. The minimum atomic E-state index is -3.55. The maximum Gasteiger partial charge on any atom is 0.242 e. The molecule has 1 aromatic heterocycles. The maximum absolute atomic E-state index is 12.2. The van der Waals surface area contributed by atoms with E-state index in [1.807, 2.05) is 20.1 Å². The highest BCUT2D eigenvalue weighted by atomic mass is 32.2. The largest absolute Gasteiger partial charge is 0.391 e. The van der Waals surface area contributed by atoms with Crippen LogP contribution in [0.1, 0.15) is 24.3 Å². The molecule has 0 radical (unpaired) electrons. The summed E-state index contributed by atoms with van der Waals surface area (Å²) in [5, 5.41) is 10.9. The van der Waals surface area contributed by atoms with E-state index < -0.39 is 10.0 Å². The van der Waals surface area contributed by atoms with Crippen molar-refractivity contribution in [2.45, 2.75) is 37.0 Å². The van der Waals surface area contributed by atoms with Crippen molar-refractivity contribution in [3.63, 3.8) is 0 Å². The third-order valence-electron chi connectivity index (χ3n) is 2.64. The van der Waals surface area contributed by atoms with Crippen molar-refractivity contribution >= 4 is 33.1 Å². The Morgan fingerprint density at radius 2 is 2.11 bits per heavy atom. The van der Waals surface area contributed by atoms with Crippen molar-refractivity contribution in [2.75, 3.05) is 12.8 Å². The average molecular weight is 309 g/mol. The van der Waals surface area contributed by atoms with E-state index in [0.29, 0.717) is 17.0 Å². The number of thiophene rings is 1. The lowest BCUT2D eigenvalue weighted by Crippen LogP contribution is -2.36. The van der Waals surface area contributed by atoms with Crippen molar-refractivity contribution in [3.05, 3.63) is 15.8 Å². The maximum atomic E-state index is 12.2. The Balaban J connectivity index is 2.97. The van der Waals surface area contributed by atoms with Crippen LogP contribution in [-0.2, 0) is 16.6 Å². The molecule has 0 bridgehead atoms. The van der Waals surface area contributed by atoms with Crippen LogP contribution < -0.4 is 4.72 Å². The number of sulfonamides is 1. The molecule has 0 aromatic carbocycles. The Kier molecular flexibility index (Phi) is 5.25. The standard InChI is InChI=1S/C11H19NO3S3/c1-8-6-17-9(5-13)10(8)18(14,15)12-7-11(2,3)16-4/h6,12-13H,5,7H2,1-4H3. The molecular formula is C11H19NO3S3. The molecule has 0 atom stereocenters. The Morgan fingerprint density at radius 3 is 2.61 bits per heavy atom. The third-order valence-corrected chi connectivity index (χ3v) is 6.74. The highest BCUT2D eigenvalue weighted by Gasteiger charge is 2.25. The highest BCUT2D eigenvalue weighted by Crippen LogP contribution is 2.27. The van der Waals surface area contributed by atoms with Crippen LogP contribution in [0.2, 0.25) is 0 Å². The summed E-state index contributed by atoms with van der Waals surface area (Å²) in [5.74, 6) is 0. The van der Waals surface area contributed by atoms with Crippen LogP contribution >= 0.6 is 23.1 Å². The van der Waals surface area contributed by atoms with Gasteiger partial charge >= 0.3 is 0 Å². The summed E-state index contributed by atoms with van der Waals surface area (Å²) in [6.07, 6.45) is 1.95. The molecule has 0 saturated heterocycles. The molecular weight excluding hydrogens is 290 g/mol. The van der Waals surface area contributed by atoms with Crippen LogP contribution in [0.15, 0.2) is 10.3 Å². The minimum absolute atomic E-state index is 0.156. The van der Waals surface area contributed by atoms with Crippen molar-refractivity contribution in [3.8, 4) is 0 Å². The van der Waals surface area contributed by atoms with Gasteiger partial charge in [0.15, 0.2) is 0 Å². The summed E-state index contributed by atoms with van der Waals surface area (Å²) in [7, 11) is -3.55. The Hall–Kier alpha value is -0.0800. The molecule has 0 spiro atoms. The van der Waals surface area contributed by atoms with E-state index in [9.17, 15) is 13.5 Å². The van der Waals surface area contributed by atoms with Crippen molar-refractivity contribution < 1.29 is 13.5 Å². The fraction of sp³-hybridized carbons (Fsp3) is 0.636. The van der Waals surface area contributed by atoms with Crippen molar-refractivity contribution in [1.29, 1.82) is 0 Å². The number of hydrogen-bond donors (Lipinski definition) is 2. The zero-order valence-electron chi connectivity index (χ0n) is 11.0. The van der Waals surface area contributed by atoms with Gasteiger partial charge in [-0.3, -0.25) is 0 Å². The first-order chi connectivity index (χ1) is 8.23. The first kappa shape index (κ1) is 16.0. The molecule has 0 aliphatic rings. The van der Waals surface area contributed by atoms with E-state index in [1.54, 1.807) is 24.1 Å². The van der Waals surface area contributed by atoms with Crippen LogP contribution in [0.3, 0.4) is 0 Å². The van der Waals surface area contributed by atoms with E-state index in [1.165, 1.54) is 11.3 Å². The lowest BCUT2D eigenvalue weighted by molar-refractivity contribution is 0.282. The molecule has 1 heterocycles. The number of aliphatic hydroxyl groups excluding tert-OH is 1. The number of nitrogens with one attached hydrogen (secondary N) is 1. The van der Waals surface area contributed by atoms with Crippen molar-refractivity contribution in [2.24, 2.45) is 0 Å². The summed E-state index contributed by atoms with van der Waals surface area (Å²) < 4.78 is 26.9. The summed E-state index contributed by atoms with van der Waals surface area (Å²) in [6, 6.07) is 0. The van der Waals surface area contributed by atoms with Gasteiger partial charge in [-0.05, 0) is 38.0 Å². The smallest absolute Gasteiger partial charge is 0.242 e. The number of rotatable bonds is 6. The first-order valence-corrected chi connectivity index (χ1v) is 9.05. The first-order valence-electron chi connectivity index (χ1n) is 5.46. The summed E-state index contributed by atoms with van der Waals surface area (Å²) in [4.78, 5) is 0.717. The Morgan fingerprint density at radius 1 is 1.50 bits per heavy atom. The SMILES string of the molecule is CSC(C)(C)CNS(=O)(=O)c1c(C)csc1CO. The fourth-order valence-corrected chi connectivity index (χ4v) is 4.55. The molecule has 2 N–H and O–H groups in total. The van der Waals surface area contributed by atoms with Gasteiger partial charge in [-0.15, -0.1) is 11.3 Å². The van der Waals surface area contributed by atoms with Gasteiger partial charge in [0.1, 0.15) is 4.90 Å². The molecule has 0 unspecified atom stereocenters. The lowest BCUT2D eigenvalue weighted by atomic mass is 10.2. The number of hydrogen-bond acceptors (Lipinski definition) is 5. The fourth-order valence-electron chi connectivity index (χ4n) is 1.37. The highest BCUT2D eigenvalue weighted by molar-refractivity contribution is 8.00. The number of aliphatic hydroxyl groups is 1. The topological polar surface area (TPSA) is 66.4 Å². The van der Waals surface area contributed by atoms with Gasteiger partial charge in [0.2, 0.25) is 10.0 Å². The molecule has 0 amide bonds. The van der Waals surface area contributed by atoms with Gasteiger partial charge in [0.25, 0.3) is 0 Å². The minimum Gasteiger partial charge on any atom is -0.391 e. The van der Waals surface area contributed by atoms with E-state index in [-0.39, 0.29) is 16.2 Å². The van der Waals surface area contributed by atoms with Crippen LogP contribution in [0.25, 0.3) is 0 Å². The predicted molar refractivity (Wildman–Crippen MR) is 77.8 cm³/mol.